The Balaban J connectivity index is 1.17. The molecular weight excluding hydrogens is 462 g/mol. The van der Waals surface area contributed by atoms with Crippen molar-refractivity contribution in [1.29, 1.82) is 0 Å². The van der Waals surface area contributed by atoms with Crippen molar-refractivity contribution in [2.45, 2.75) is 17.1 Å². The zero-order valence-electron chi connectivity index (χ0n) is 16.9. The Bertz CT molecular complexity index is 1390. The lowest BCUT2D eigenvalue weighted by atomic mass is 9.97. The second-order valence-corrected chi connectivity index (χ2v) is 12.1. The van der Waals surface area contributed by atoms with Crippen molar-refractivity contribution in [2.24, 2.45) is 5.92 Å². The van der Waals surface area contributed by atoms with E-state index in [0.717, 1.165) is 21.7 Å². The van der Waals surface area contributed by atoms with Crippen LogP contribution < -0.4 is 5.32 Å². The van der Waals surface area contributed by atoms with E-state index in [2.05, 4.69) is 29.6 Å². The van der Waals surface area contributed by atoms with E-state index < -0.39 is 10.0 Å². The maximum absolute atomic E-state index is 12.9. The highest BCUT2D eigenvalue weighted by molar-refractivity contribution is 7.91. The van der Waals surface area contributed by atoms with Gasteiger partial charge in [-0.25, -0.2) is 13.4 Å². The third-order valence-corrected chi connectivity index (χ3v) is 10.5. The summed E-state index contributed by atoms with van der Waals surface area (Å²) in [5.41, 5.74) is 3.20. The number of benzene rings is 2. The summed E-state index contributed by atoms with van der Waals surface area (Å²) in [6.07, 6.45) is 1.01. The lowest BCUT2D eigenvalue weighted by molar-refractivity contribution is -0.120. The van der Waals surface area contributed by atoms with Crippen LogP contribution in [0.2, 0.25) is 0 Å². The number of carbonyl (C=O) groups is 1. The molecule has 1 fully saturated rings. The van der Waals surface area contributed by atoms with Crippen LogP contribution >= 0.6 is 22.7 Å². The normalized spacial score (nSPS) is 16.4. The summed E-state index contributed by atoms with van der Waals surface area (Å²) in [5.74, 6) is -0.309. The van der Waals surface area contributed by atoms with Crippen LogP contribution in [0.15, 0.2) is 58.1 Å². The summed E-state index contributed by atoms with van der Waals surface area (Å²) in [4.78, 5) is 18.7. The van der Waals surface area contributed by atoms with Gasteiger partial charge in [0, 0.05) is 30.1 Å². The molecular formula is C23H19N3O3S3. The number of hydrogen-bond acceptors (Lipinski definition) is 6. The molecule has 1 saturated heterocycles. The third kappa shape index (κ3) is 3.11. The molecule has 2 aromatic carbocycles. The number of amides is 1. The lowest BCUT2D eigenvalue weighted by Gasteiger charge is -2.29. The fourth-order valence-corrected chi connectivity index (χ4v) is 8.20. The monoisotopic (exact) mass is 481 g/mol. The molecule has 0 atom stereocenters. The quantitative estimate of drug-likeness (QED) is 0.390. The van der Waals surface area contributed by atoms with Crippen LogP contribution in [-0.2, 0) is 14.8 Å². The molecule has 4 aromatic rings. The van der Waals surface area contributed by atoms with Crippen LogP contribution in [0.4, 0.5) is 5.13 Å². The lowest BCUT2D eigenvalue weighted by Crippen LogP contribution is -2.41. The zero-order valence-corrected chi connectivity index (χ0v) is 19.4. The van der Waals surface area contributed by atoms with Gasteiger partial charge in [-0.1, -0.05) is 53.8 Å². The van der Waals surface area contributed by atoms with E-state index in [-0.39, 0.29) is 11.8 Å². The predicted octanol–water partition coefficient (Wildman–Crippen LogP) is 5.04. The fraction of sp³-hybridized carbons (Fsp3) is 0.217. The minimum atomic E-state index is -3.46. The minimum Gasteiger partial charge on any atom is -0.302 e. The molecule has 0 unspecified atom stereocenters. The molecule has 0 saturated carbocycles. The third-order valence-electron chi connectivity index (χ3n) is 6.18. The molecule has 6 rings (SSSR count). The van der Waals surface area contributed by atoms with E-state index in [0.29, 0.717) is 35.3 Å². The van der Waals surface area contributed by atoms with E-state index in [1.807, 2.05) is 12.1 Å². The highest BCUT2D eigenvalue weighted by Crippen LogP contribution is 2.50. The highest BCUT2D eigenvalue weighted by Gasteiger charge is 2.33. The van der Waals surface area contributed by atoms with Gasteiger partial charge in [0.25, 0.3) is 10.0 Å². The van der Waals surface area contributed by atoms with Gasteiger partial charge >= 0.3 is 0 Å². The molecule has 9 heteroatoms. The first-order valence-electron chi connectivity index (χ1n) is 10.4. The minimum absolute atomic E-state index is 0.0860. The van der Waals surface area contributed by atoms with E-state index in [4.69, 9.17) is 4.98 Å². The number of hydrogen-bond donors (Lipinski definition) is 1. The van der Waals surface area contributed by atoms with Crippen LogP contribution in [0.5, 0.6) is 0 Å². The van der Waals surface area contributed by atoms with Crippen LogP contribution in [0, 0.1) is 5.92 Å². The van der Waals surface area contributed by atoms with Gasteiger partial charge < -0.3 is 5.32 Å². The standard InChI is InChI=1S/C23H19N3O3S3/c27-22(15-9-11-26(12-10-15)32(28,29)18-8-3-13-30-18)25-23-24-20-16-6-1-4-14-5-2-7-17(19(14)16)21(20)31-23/h1-8,13,15H,9-12H2,(H,24,25,27). The molecule has 1 amide bonds. The first kappa shape index (κ1) is 20.0. The molecule has 0 radical (unpaired) electrons. The van der Waals surface area contributed by atoms with Crippen molar-refractivity contribution in [3.63, 3.8) is 0 Å². The second-order valence-electron chi connectivity index (χ2n) is 8.01. The number of aromatic nitrogens is 1. The van der Waals surface area contributed by atoms with Crippen LogP contribution in [-0.4, -0.2) is 36.7 Å². The number of nitrogens with one attached hydrogen (secondary N) is 1. The molecule has 2 aromatic heterocycles. The molecule has 32 heavy (non-hydrogen) atoms. The topological polar surface area (TPSA) is 79.4 Å². The van der Waals surface area contributed by atoms with Crippen molar-refractivity contribution in [3.05, 3.63) is 53.9 Å². The maximum atomic E-state index is 12.9. The molecule has 2 aliphatic rings. The van der Waals surface area contributed by atoms with Gasteiger partial charge in [0.2, 0.25) is 5.91 Å². The number of piperidine rings is 1. The van der Waals surface area contributed by atoms with E-state index in [9.17, 15) is 13.2 Å². The highest BCUT2D eigenvalue weighted by atomic mass is 32.2. The van der Waals surface area contributed by atoms with Crippen molar-refractivity contribution < 1.29 is 13.2 Å². The number of nitrogens with zero attached hydrogens (tertiary/aromatic N) is 2. The Morgan fingerprint density at radius 3 is 2.50 bits per heavy atom. The summed E-state index contributed by atoms with van der Waals surface area (Å²) in [7, 11) is -3.46. The largest absolute Gasteiger partial charge is 0.302 e. The van der Waals surface area contributed by atoms with Crippen molar-refractivity contribution in [1.82, 2.24) is 9.29 Å². The van der Waals surface area contributed by atoms with Crippen LogP contribution in [0.3, 0.4) is 0 Å². The molecule has 162 valence electrons. The number of anilines is 1. The van der Waals surface area contributed by atoms with Gasteiger partial charge in [-0.3, -0.25) is 4.79 Å². The number of thiophene rings is 1. The second kappa shape index (κ2) is 7.48. The number of rotatable bonds is 4. The average molecular weight is 482 g/mol. The smallest absolute Gasteiger partial charge is 0.252 e. The average Bonchev–Trinajstić information content (AvgIpc) is 3.54. The molecule has 1 N–H and O–H groups in total. The molecule has 1 aliphatic carbocycles. The Labute approximate surface area is 193 Å². The number of carbonyl (C=O) groups excluding carboxylic acids is 1. The van der Waals surface area contributed by atoms with Crippen LogP contribution in [0.25, 0.3) is 32.5 Å². The molecule has 3 heterocycles. The molecule has 0 spiro atoms. The fourth-order valence-electron chi connectivity index (χ4n) is 4.57. The number of fused-ring (bicyclic) bond motifs is 3. The summed E-state index contributed by atoms with van der Waals surface area (Å²) in [6, 6.07) is 15.8. The van der Waals surface area contributed by atoms with Crippen molar-refractivity contribution in [3.8, 4) is 21.7 Å². The summed E-state index contributed by atoms with van der Waals surface area (Å²) in [5, 5.41) is 7.76. The molecule has 6 nitrogen and oxygen atoms in total. The van der Waals surface area contributed by atoms with Gasteiger partial charge in [-0.15, -0.1) is 11.3 Å². The van der Waals surface area contributed by atoms with Gasteiger partial charge in [0.15, 0.2) is 5.13 Å². The summed E-state index contributed by atoms with van der Waals surface area (Å²) in [6.45, 7) is 0.699. The Morgan fingerprint density at radius 2 is 1.78 bits per heavy atom. The van der Waals surface area contributed by atoms with Gasteiger partial charge in [0.1, 0.15) is 4.21 Å². The van der Waals surface area contributed by atoms with Gasteiger partial charge in [-0.05, 0) is 35.1 Å². The number of sulfonamides is 1. The van der Waals surface area contributed by atoms with Crippen LogP contribution in [0.1, 0.15) is 12.8 Å². The predicted molar refractivity (Wildman–Crippen MR) is 128 cm³/mol. The van der Waals surface area contributed by atoms with E-state index in [1.54, 1.807) is 17.5 Å². The molecule has 1 aliphatic heterocycles. The van der Waals surface area contributed by atoms with E-state index >= 15 is 0 Å². The van der Waals surface area contributed by atoms with Crippen molar-refractivity contribution >= 4 is 54.5 Å². The van der Waals surface area contributed by atoms with Gasteiger partial charge in [0.05, 0.1) is 10.6 Å². The first-order chi connectivity index (χ1) is 15.5. The Hall–Kier alpha value is -2.59. The van der Waals surface area contributed by atoms with Gasteiger partial charge in [-0.2, -0.15) is 4.31 Å². The zero-order chi connectivity index (χ0) is 21.9. The maximum Gasteiger partial charge on any atom is 0.252 e. The Kier molecular flexibility index (Phi) is 4.69. The van der Waals surface area contributed by atoms with E-state index in [1.165, 1.54) is 37.8 Å². The first-order valence-corrected chi connectivity index (χ1v) is 13.5. The summed E-state index contributed by atoms with van der Waals surface area (Å²) >= 11 is 2.72. The number of thiazole rings is 1. The van der Waals surface area contributed by atoms with Crippen molar-refractivity contribution in [2.75, 3.05) is 18.4 Å². The SMILES string of the molecule is O=C(Nc1nc2c(s1)-c1cccc3cccc-2c13)C1CCN(S(=O)(=O)c2cccs2)CC1. The molecule has 0 bridgehead atoms. The Morgan fingerprint density at radius 1 is 1.03 bits per heavy atom. The summed E-state index contributed by atoms with van der Waals surface area (Å²) < 4.78 is 27.2.